The Balaban J connectivity index is 2.62. The summed E-state index contributed by atoms with van der Waals surface area (Å²) >= 11 is 0. The van der Waals surface area contributed by atoms with Gasteiger partial charge in [-0.1, -0.05) is 19.8 Å². The highest BCUT2D eigenvalue weighted by atomic mass is 32.2. The van der Waals surface area contributed by atoms with Crippen LogP contribution < -0.4 is 0 Å². The highest BCUT2D eigenvalue weighted by molar-refractivity contribution is 7.89. The maximum absolute atomic E-state index is 11.9. The summed E-state index contributed by atoms with van der Waals surface area (Å²) in [6.45, 7) is 2.64. The molecule has 1 rings (SSSR count). The van der Waals surface area contributed by atoms with Crippen molar-refractivity contribution >= 4 is 10.0 Å². The van der Waals surface area contributed by atoms with Crippen molar-refractivity contribution in [3.63, 3.8) is 0 Å². The van der Waals surface area contributed by atoms with E-state index in [1.165, 1.54) is 16.7 Å². The SMILES string of the molecule is CCCCCN(C)S(=O)(=O)c1cn[nH]c1. The Morgan fingerprint density at radius 1 is 1.47 bits per heavy atom. The van der Waals surface area contributed by atoms with Gasteiger partial charge in [-0.05, 0) is 6.42 Å². The highest BCUT2D eigenvalue weighted by Crippen LogP contribution is 2.12. The quantitative estimate of drug-likeness (QED) is 0.749. The molecule has 1 N–H and O–H groups in total. The van der Waals surface area contributed by atoms with Gasteiger partial charge in [-0.15, -0.1) is 0 Å². The molecule has 0 atom stereocenters. The van der Waals surface area contributed by atoms with Gasteiger partial charge in [-0.2, -0.15) is 5.10 Å². The van der Waals surface area contributed by atoms with Crippen LogP contribution in [-0.2, 0) is 10.0 Å². The number of hydrogen-bond donors (Lipinski definition) is 1. The van der Waals surface area contributed by atoms with Gasteiger partial charge in [0.2, 0.25) is 10.0 Å². The van der Waals surface area contributed by atoms with E-state index in [4.69, 9.17) is 0 Å². The number of sulfonamides is 1. The molecule has 0 radical (unpaired) electrons. The molecule has 0 bridgehead atoms. The van der Waals surface area contributed by atoms with Gasteiger partial charge in [0, 0.05) is 19.8 Å². The molecule has 0 saturated heterocycles. The fraction of sp³-hybridized carbons (Fsp3) is 0.667. The average Bonchev–Trinajstić information content (AvgIpc) is 2.71. The lowest BCUT2D eigenvalue weighted by atomic mass is 10.2. The average molecular weight is 231 g/mol. The van der Waals surface area contributed by atoms with E-state index in [-0.39, 0.29) is 4.90 Å². The Labute approximate surface area is 90.5 Å². The molecule has 86 valence electrons. The smallest absolute Gasteiger partial charge is 0.245 e. The Kier molecular flexibility index (Phi) is 4.28. The molecule has 0 saturated carbocycles. The molecule has 0 aliphatic heterocycles. The van der Waals surface area contributed by atoms with Gasteiger partial charge in [-0.3, -0.25) is 5.10 Å². The zero-order valence-electron chi connectivity index (χ0n) is 9.10. The van der Waals surface area contributed by atoms with Crippen molar-refractivity contribution in [1.82, 2.24) is 14.5 Å². The van der Waals surface area contributed by atoms with Gasteiger partial charge in [-0.25, -0.2) is 12.7 Å². The summed E-state index contributed by atoms with van der Waals surface area (Å²) in [5.74, 6) is 0. The van der Waals surface area contributed by atoms with Crippen molar-refractivity contribution in [1.29, 1.82) is 0 Å². The standard InChI is InChI=1S/C9H17N3O2S/c1-3-4-5-6-12(2)15(13,14)9-7-10-11-8-9/h7-8H,3-6H2,1-2H3,(H,10,11). The summed E-state index contributed by atoms with van der Waals surface area (Å²) in [7, 11) is -1.74. The zero-order valence-corrected chi connectivity index (χ0v) is 9.92. The molecule has 6 heteroatoms. The molecule has 0 aliphatic rings. The lowest BCUT2D eigenvalue weighted by Gasteiger charge is -2.15. The molecule has 1 aromatic rings. The summed E-state index contributed by atoms with van der Waals surface area (Å²) in [6, 6.07) is 0. The maximum atomic E-state index is 11.9. The van der Waals surface area contributed by atoms with Gasteiger partial charge in [0.25, 0.3) is 0 Å². The molecular formula is C9H17N3O2S. The Morgan fingerprint density at radius 2 is 2.20 bits per heavy atom. The van der Waals surface area contributed by atoms with E-state index < -0.39 is 10.0 Å². The van der Waals surface area contributed by atoms with Gasteiger partial charge in [0.15, 0.2) is 0 Å². The molecule has 0 aromatic carbocycles. The van der Waals surface area contributed by atoms with Crippen LogP contribution >= 0.6 is 0 Å². The van der Waals surface area contributed by atoms with Gasteiger partial charge < -0.3 is 0 Å². The van der Waals surface area contributed by atoms with E-state index in [0.717, 1.165) is 19.3 Å². The first-order valence-corrected chi connectivity index (χ1v) is 6.48. The van der Waals surface area contributed by atoms with Crippen LogP contribution in [0.3, 0.4) is 0 Å². The monoisotopic (exact) mass is 231 g/mol. The number of nitrogens with zero attached hydrogens (tertiary/aromatic N) is 2. The number of hydrogen-bond acceptors (Lipinski definition) is 3. The van der Waals surface area contributed by atoms with E-state index in [2.05, 4.69) is 17.1 Å². The number of rotatable bonds is 6. The normalized spacial score (nSPS) is 12.2. The highest BCUT2D eigenvalue weighted by Gasteiger charge is 2.20. The third-order valence-electron chi connectivity index (χ3n) is 2.26. The van der Waals surface area contributed by atoms with Crippen molar-refractivity contribution in [3.8, 4) is 0 Å². The van der Waals surface area contributed by atoms with Crippen LogP contribution in [0.5, 0.6) is 0 Å². The molecular weight excluding hydrogens is 214 g/mol. The van der Waals surface area contributed by atoms with Crippen LogP contribution in [0.4, 0.5) is 0 Å². The molecule has 0 amide bonds. The second-order valence-corrected chi connectivity index (χ2v) is 5.51. The van der Waals surface area contributed by atoms with Crippen LogP contribution in [0, 0.1) is 0 Å². The minimum atomic E-state index is -3.34. The Morgan fingerprint density at radius 3 is 2.73 bits per heavy atom. The maximum Gasteiger partial charge on any atom is 0.245 e. The molecule has 1 aromatic heterocycles. The Bertz CT molecular complexity index is 372. The van der Waals surface area contributed by atoms with E-state index in [9.17, 15) is 8.42 Å². The van der Waals surface area contributed by atoms with E-state index in [1.54, 1.807) is 7.05 Å². The van der Waals surface area contributed by atoms with Crippen LogP contribution in [0.15, 0.2) is 17.3 Å². The first-order chi connectivity index (χ1) is 7.09. The lowest BCUT2D eigenvalue weighted by molar-refractivity contribution is 0.454. The minimum Gasteiger partial charge on any atom is -0.284 e. The molecule has 0 aliphatic carbocycles. The number of aromatic amines is 1. The third kappa shape index (κ3) is 3.04. The van der Waals surface area contributed by atoms with Crippen LogP contribution in [0.2, 0.25) is 0 Å². The van der Waals surface area contributed by atoms with Crippen molar-refractivity contribution < 1.29 is 8.42 Å². The van der Waals surface area contributed by atoms with Crippen molar-refractivity contribution in [2.75, 3.05) is 13.6 Å². The molecule has 1 heterocycles. The predicted octanol–water partition coefficient (Wildman–Crippen LogP) is 1.22. The molecule has 15 heavy (non-hydrogen) atoms. The molecule has 0 spiro atoms. The van der Waals surface area contributed by atoms with Crippen molar-refractivity contribution in [3.05, 3.63) is 12.4 Å². The summed E-state index contributed by atoms with van der Waals surface area (Å²) < 4.78 is 25.1. The fourth-order valence-corrected chi connectivity index (χ4v) is 2.38. The summed E-state index contributed by atoms with van der Waals surface area (Å²) in [5, 5.41) is 6.14. The summed E-state index contributed by atoms with van der Waals surface area (Å²) in [5.41, 5.74) is 0. The van der Waals surface area contributed by atoms with E-state index in [1.807, 2.05) is 0 Å². The predicted molar refractivity (Wildman–Crippen MR) is 57.9 cm³/mol. The second-order valence-electron chi connectivity index (χ2n) is 3.47. The summed E-state index contributed by atoms with van der Waals surface area (Å²) in [6.07, 6.45) is 5.74. The van der Waals surface area contributed by atoms with Gasteiger partial charge in [0.1, 0.15) is 4.90 Å². The Hall–Kier alpha value is -0.880. The molecule has 5 nitrogen and oxygen atoms in total. The fourth-order valence-electron chi connectivity index (χ4n) is 1.26. The lowest BCUT2D eigenvalue weighted by Crippen LogP contribution is -2.27. The van der Waals surface area contributed by atoms with Crippen LogP contribution in [0.25, 0.3) is 0 Å². The minimum absolute atomic E-state index is 0.224. The number of H-pyrrole nitrogens is 1. The first kappa shape index (κ1) is 12.2. The molecule has 0 unspecified atom stereocenters. The summed E-state index contributed by atoms with van der Waals surface area (Å²) in [4.78, 5) is 0.224. The second kappa shape index (κ2) is 5.27. The first-order valence-electron chi connectivity index (χ1n) is 5.04. The zero-order chi connectivity index (χ0) is 11.3. The van der Waals surface area contributed by atoms with E-state index in [0.29, 0.717) is 6.54 Å². The number of aromatic nitrogens is 2. The van der Waals surface area contributed by atoms with Crippen LogP contribution in [-0.4, -0.2) is 36.5 Å². The topological polar surface area (TPSA) is 66.1 Å². The van der Waals surface area contributed by atoms with Crippen molar-refractivity contribution in [2.45, 2.75) is 31.1 Å². The van der Waals surface area contributed by atoms with Crippen LogP contribution in [0.1, 0.15) is 26.2 Å². The molecule has 0 fully saturated rings. The van der Waals surface area contributed by atoms with Gasteiger partial charge in [0.05, 0.1) is 6.20 Å². The number of nitrogens with one attached hydrogen (secondary N) is 1. The third-order valence-corrected chi connectivity index (χ3v) is 4.08. The number of unbranched alkanes of at least 4 members (excludes halogenated alkanes) is 2. The van der Waals surface area contributed by atoms with Gasteiger partial charge >= 0.3 is 0 Å². The van der Waals surface area contributed by atoms with E-state index >= 15 is 0 Å². The largest absolute Gasteiger partial charge is 0.284 e. The van der Waals surface area contributed by atoms with Crippen molar-refractivity contribution in [2.24, 2.45) is 0 Å².